The topological polar surface area (TPSA) is 36.3 Å². The van der Waals surface area contributed by atoms with Gasteiger partial charge < -0.3 is 13.9 Å². The highest BCUT2D eigenvalue weighted by atomic mass is 16.7. The molecule has 1 aliphatic rings. The Kier molecular flexibility index (Phi) is 6.55. The van der Waals surface area contributed by atoms with Gasteiger partial charge in [-0.2, -0.15) is 0 Å². The Morgan fingerprint density at radius 1 is 0.958 bits per heavy atom. The second-order valence-electron chi connectivity index (χ2n) is 8.12. The first-order valence-electron chi connectivity index (χ1n) is 9.66. The molecule has 0 aliphatic carbocycles. The van der Waals surface area contributed by atoms with E-state index in [1.165, 1.54) is 44.9 Å². The third kappa shape index (κ3) is 4.63. The van der Waals surface area contributed by atoms with Crippen LogP contribution >= 0.6 is 0 Å². The number of rotatable bonds is 9. The monoisotopic (exact) mass is 334 g/mol. The molecule has 0 radical (unpaired) electrons. The van der Waals surface area contributed by atoms with Gasteiger partial charge in [0.15, 0.2) is 0 Å². The highest BCUT2D eigenvalue weighted by Crippen LogP contribution is 2.36. The summed E-state index contributed by atoms with van der Waals surface area (Å²) in [4.78, 5) is 4.68. The van der Waals surface area contributed by atoms with Crippen molar-refractivity contribution in [2.24, 2.45) is 0 Å². The molecule has 1 saturated heterocycles. The fourth-order valence-corrected chi connectivity index (χ4v) is 3.08. The summed E-state index contributed by atoms with van der Waals surface area (Å²) in [6.45, 7) is 13.7. The lowest BCUT2D eigenvalue weighted by molar-refractivity contribution is 0.00578. The van der Waals surface area contributed by atoms with Gasteiger partial charge in [0.05, 0.1) is 16.8 Å². The minimum absolute atomic E-state index is 0.312. The van der Waals surface area contributed by atoms with Gasteiger partial charge in [-0.25, -0.2) is 4.98 Å². The lowest BCUT2D eigenvalue weighted by Gasteiger charge is -2.32. The van der Waals surface area contributed by atoms with Gasteiger partial charge in [0.25, 0.3) is 0 Å². The zero-order valence-electron chi connectivity index (χ0n) is 16.5. The maximum absolute atomic E-state index is 6.10. The van der Waals surface area contributed by atoms with Crippen molar-refractivity contribution in [3.05, 3.63) is 12.0 Å². The van der Waals surface area contributed by atoms with Crippen LogP contribution in [0.3, 0.4) is 0 Å². The molecule has 0 bridgehead atoms. The number of aromatic nitrogens is 2. The minimum Gasteiger partial charge on any atom is -0.398 e. The van der Waals surface area contributed by atoms with E-state index < -0.39 is 0 Å². The van der Waals surface area contributed by atoms with E-state index in [2.05, 4.69) is 57.3 Å². The molecule has 2 rings (SSSR count). The van der Waals surface area contributed by atoms with Crippen LogP contribution in [0.2, 0.25) is 0 Å². The van der Waals surface area contributed by atoms with Crippen molar-refractivity contribution in [1.82, 2.24) is 9.55 Å². The average molecular weight is 334 g/mol. The van der Waals surface area contributed by atoms with E-state index in [0.717, 1.165) is 18.0 Å². The molecule has 0 amide bonds. The summed E-state index contributed by atoms with van der Waals surface area (Å²) in [6, 6.07) is 0. The molecule has 2 heterocycles. The molecule has 0 atom stereocenters. The summed E-state index contributed by atoms with van der Waals surface area (Å²) in [5, 5.41) is 0. The third-order valence-electron chi connectivity index (χ3n) is 5.49. The van der Waals surface area contributed by atoms with E-state index in [1.54, 1.807) is 0 Å². The van der Waals surface area contributed by atoms with Crippen molar-refractivity contribution >= 4 is 12.7 Å². The lowest BCUT2D eigenvalue weighted by Crippen LogP contribution is -2.41. The summed E-state index contributed by atoms with van der Waals surface area (Å²) in [6.07, 6.45) is 11.4. The van der Waals surface area contributed by atoms with Gasteiger partial charge in [0.1, 0.15) is 5.82 Å². The third-order valence-corrected chi connectivity index (χ3v) is 5.49. The molecule has 0 aromatic carbocycles. The van der Waals surface area contributed by atoms with Crippen molar-refractivity contribution in [2.75, 3.05) is 0 Å². The van der Waals surface area contributed by atoms with Crippen LogP contribution in [-0.4, -0.2) is 27.9 Å². The van der Waals surface area contributed by atoms with Crippen molar-refractivity contribution in [2.45, 2.75) is 104 Å². The molecule has 24 heavy (non-hydrogen) atoms. The number of hydrogen-bond acceptors (Lipinski definition) is 3. The van der Waals surface area contributed by atoms with Crippen LogP contribution in [-0.2, 0) is 15.9 Å². The van der Waals surface area contributed by atoms with Gasteiger partial charge in [-0.3, -0.25) is 0 Å². The van der Waals surface area contributed by atoms with Crippen LogP contribution in [0.1, 0.15) is 85.4 Å². The molecule has 0 spiro atoms. The van der Waals surface area contributed by atoms with Crippen LogP contribution in [0, 0.1) is 6.92 Å². The van der Waals surface area contributed by atoms with Gasteiger partial charge in [-0.1, -0.05) is 45.4 Å². The van der Waals surface area contributed by atoms with Crippen LogP contribution in [0.25, 0.3) is 0 Å². The predicted octanol–water partition coefficient (Wildman–Crippen LogP) is 4.24. The average Bonchev–Trinajstić information content (AvgIpc) is 2.96. The molecule has 1 aromatic heterocycles. The quantitative estimate of drug-likeness (QED) is 0.500. The molecule has 0 unspecified atom stereocenters. The minimum atomic E-state index is -0.357. The molecule has 1 aromatic rings. The molecular formula is C19H35BN2O2. The lowest BCUT2D eigenvalue weighted by atomic mass is 9.86. The summed E-state index contributed by atoms with van der Waals surface area (Å²) >= 11 is 0. The first-order valence-corrected chi connectivity index (χ1v) is 9.66. The second-order valence-corrected chi connectivity index (χ2v) is 8.12. The Labute approximate surface area is 148 Å². The second kappa shape index (κ2) is 8.05. The Morgan fingerprint density at radius 3 is 2.08 bits per heavy atom. The van der Waals surface area contributed by atoms with Gasteiger partial charge in [0, 0.05) is 12.7 Å². The SMILES string of the molecule is CCCCCCCCCn1cc(B2OC(C)(C)C(C)(C)O2)nc1C. The maximum atomic E-state index is 6.10. The first-order chi connectivity index (χ1) is 11.3. The van der Waals surface area contributed by atoms with E-state index in [9.17, 15) is 0 Å². The van der Waals surface area contributed by atoms with Crippen LogP contribution in [0.5, 0.6) is 0 Å². The van der Waals surface area contributed by atoms with Gasteiger partial charge >= 0.3 is 7.12 Å². The van der Waals surface area contributed by atoms with Gasteiger partial charge in [-0.05, 0) is 41.0 Å². The summed E-state index contributed by atoms with van der Waals surface area (Å²) in [5.41, 5.74) is 0.274. The zero-order valence-corrected chi connectivity index (χ0v) is 16.5. The van der Waals surface area contributed by atoms with Crippen molar-refractivity contribution in [3.8, 4) is 0 Å². The van der Waals surface area contributed by atoms with E-state index in [4.69, 9.17) is 9.31 Å². The Hall–Kier alpha value is -0.805. The molecule has 1 aliphatic heterocycles. The molecule has 5 heteroatoms. The van der Waals surface area contributed by atoms with Crippen LogP contribution in [0.15, 0.2) is 6.20 Å². The number of imidazole rings is 1. The smallest absolute Gasteiger partial charge is 0.398 e. The molecule has 4 nitrogen and oxygen atoms in total. The predicted molar refractivity (Wildman–Crippen MR) is 101 cm³/mol. The summed E-state index contributed by atoms with van der Waals surface area (Å²) < 4.78 is 14.4. The van der Waals surface area contributed by atoms with Crippen LogP contribution < -0.4 is 5.59 Å². The van der Waals surface area contributed by atoms with E-state index >= 15 is 0 Å². The molecule has 0 saturated carbocycles. The highest BCUT2D eigenvalue weighted by Gasteiger charge is 2.52. The fraction of sp³-hybridized carbons (Fsp3) is 0.842. The first kappa shape index (κ1) is 19.5. The Morgan fingerprint density at radius 2 is 1.50 bits per heavy atom. The van der Waals surface area contributed by atoms with Crippen molar-refractivity contribution in [1.29, 1.82) is 0 Å². The molecule has 136 valence electrons. The summed E-state index contributed by atoms with van der Waals surface area (Å²) in [7, 11) is -0.357. The number of unbranched alkanes of at least 4 members (excludes halogenated alkanes) is 6. The standard InChI is InChI=1S/C19H35BN2O2/c1-7-8-9-10-11-12-13-14-22-15-17(21-16(22)2)20-23-18(3,4)19(5,6)24-20/h15H,7-14H2,1-6H3. The summed E-state index contributed by atoms with van der Waals surface area (Å²) in [5.74, 6) is 1.05. The van der Waals surface area contributed by atoms with Gasteiger partial charge in [-0.15, -0.1) is 0 Å². The maximum Gasteiger partial charge on any atom is 0.516 e. The van der Waals surface area contributed by atoms with Crippen LogP contribution in [0.4, 0.5) is 0 Å². The normalized spacial score (nSPS) is 19.2. The largest absolute Gasteiger partial charge is 0.516 e. The molecule has 1 fully saturated rings. The number of hydrogen-bond donors (Lipinski definition) is 0. The molecule has 0 N–H and O–H groups in total. The van der Waals surface area contributed by atoms with Crippen molar-refractivity contribution in [3.63, 3.8) is 0 Å². The van der Waals surface area contributed by atoms with E-state index in [-0.39, 0.29) is 18.3 Å². The number of aryl methyl sites for hydroxylation is 2. The molecular weight excluding hydrogens is 299 g/mol. The van der Waals surface area contributed by atoms with E-state index in [0.29, 0.717) is 0 Å². The highest BCUT2D eigenvalue weighted by molar-refractivity contribution is 6.61. The fourth-order valence-electron chi connectivity index (χ4n) is 3.08. The Balaban J connectivity index is 1.83. The van der Waals surface area contributed by atoms with Gasteiger partial charge in [0.2, 0.25) is 0 Å². The van der Waals surface area contributed by atoms with Crippen molar-refractivity contribution < 1.29 is 9.31 Å². The van der Waals surface area contributed by atoms with E-state index in [1.807, 2.05) is 0 Å². The zero-order chi connectivity index (χ0) is 17.8. The Bertz CT molecular complexity index is 509. The number of nitrogens with zero attached hydrogens (tertiary/aromatic N) is 2.